The standard InChI is InChI=1S/C24H29N5O2.HI/c1-25-24(27-15-18-7-4-6-17-8-5-10-26-23(17)18)28-19-9-11-29(16-19)20-12-21(30-2)14-22(13-20)31-3;/h4-8,10,12-14,19H,9,11,15-16H2,1-3H3,(H2,25,27,28);1H. The van der Waals surface area contributed by atoms with Gasteiger partial charge < -0.3 is 25.0 Å². The number of benzene rings is 2. The van der Waals surface area contributed by atoms with Crippen molar-refractivity contribution in [1.29, 1.82) is 0 Å². The van der Waals surface area contributed by atoms with Gasteiger partial charge in [-0.2, -0.15) is 0 Å². The lowest BCUT2D eigenvalue weighted by atomic mass is 10.1. The number of fused-ring (bicyclic) bond motifs is 1. The lowest BCUT2D eigenvalue weighted by molar-refractivity contribution is 0.394. The van der Waals surface area contributed by atoms with Crippen LogP contribution in [0.1, 0.15) is 12.0 Å². The quantitative estimate of drug-likeness (QED) is 0.278. The summed E-state index contributed by atoms with van der Waals surface area (Å²) in [6, 6.07) is 16.6. The molecular formula is C24H30IN5O2. The van der Waals surface area contributed by atoms with Gasteiger partial charge in [0, 0.05) is 68.2 Å². The highest BCUT2D eigenvalue weighted by atomic mass is 127. The minimum Gasteiger partial charge on any atom is -0.497 e. The Balaban J connectivity index is 0.00000289. The second-order valence-electron chi connectivity index (χ2n) is 7.56. The molecule has 1 atom stereocenters. The summed E-state index contributed by atoms with van der Waals surface area (Å²) in [5, 5.41) is 8.13. The van der Waals surface area contributed by atoms with Crippen LogP contribution < -0.4 is 25.0 Å². The Bertz CT molecular complexity index is 1050. The van der Waals surface area contributed by atoms with E-state index in [0.717, 1.165) is 59.1 Å². The number of guanidine groups is 1. The Kier molecular flexibility index (Phi) is 8.38. The smallest absolute Gasteiger partial charge is 0.191 e. The summed E-state index contributed by atoms with van der Waals surface area (Å²) in [5.41, 5.74) is 3.27. The maximum atomic E-state index is 5.41. The number of methoxy groups -OCH3 is 2. The molecule has 7 nitrogen and oxygen atoms in total. The Morgan fingerprint density at radius 1 is 1.12 bits per heavy atom. The van der Waals surface area contributed by atoms with Crippen LogP contribution in [0.2, 0.25) is 0 Å². The molecule has 4 rings (SSSR count). The zero-order valence-corrected chi connectivity index (χ0v) is 21.0. The minimum absolute atomic E-state index is 0. The maximum Gasteiger partial charge on any atom is 0.191 e. The third-order valence-electron chi connectivity index (χ3n) is 5.62. The normalized spacial score (nSPS) is 15.9. The summed E-state index contributed by atoms with van der Waals surface area (Å²) in [5.74, 6) is 2.39. The highest BCUT2D eigenvalue weighted by Crippen LogP contribution is 2.30. The fourth-order valence-corrected chi connectivity index (χ4v) is 3.96. The third-order valence-corrected chi connectivity index (χ3v) is 5.62. The largest absolute Gasteiger partial charge is 0.497 e. The molecule has 1 aromatic heterocycles. The maximum absolute atomic E-state index is 5.41. The Morgan fingerprint density at radius 3 is 2.59 bits per heavy atom. The Labute approximate surface area is 206 Å². The van der Waals surface area contributed by atoms with Crippen molar-refractivity contribution in [3.63, 3.8) is 0 Å². The van der Waals surface area contributed by atoms with Gasteiger partial charge in [0.15, 0.2) is 5.96 Å². The first kappa shape index (κ1) is 23.9. The van der Waals surface area contributed by atoms with Gasteiger partial charge in [-0.3, -0.25) is 9.98 Å². The number of nitrogens with zero attached hydrogens (tertiary/aromatic N) is 3. The first-order valence-electron chi connectivity index (χ1n) is 10.5. The topological polar surface area (TPSA) is 71.0 Å². The fourth-order valence-electron chi connectivity index (χ4n) is 3.96. The van der Waals surface area contributed by atoms with Crippen LogP contribution in [-0.2, 0) is 6.54 Å². The van der Waals surface area contributed by atoms with Gasteiger partial charge in [-0.25, -0.2) is 0 Å². The molecule has 2 aromatic carbocycles. The zero-order valence-electron chi connectivity index (χ0n) is 18.7. The van der Waals surface area contributed by atoms with Crippen molar-refractivity contribution in [3.05, 3.63) is 60.3 Å². The van der Waals surface area contributed by atoms with Gasteiger partial charge in [-0.05, 0) is 18.1 Å². The van der Waals surface area contributed by atoms with Crippen molar-refractivity contribution in [2.75, 3.05) is 39.3 Å². The molecule has 0 saturated carbocycles. The van der Waals surface area contributed by atoms with E-state index in [4.69, 9.17) is 9.47 Å². The van der Waals surface area contributed by atoms with Crippen LogP contribution in [0.3, 0.4) is 0 Å². The average molecular weight is 547 g/mol. The molecule has 1 aliphatic rings. The van der Waals surface area contributed by atoms with E-state index < -0.39 is 0 Å². The van der Waals surface area contributed by atoms with Crippen LogP contribution in [0.25, 0.3) is 10.9 Å². The molecule has 3 aromatic rings. The third kappa shape index (κ3) is 5.53. The van der Waals surface area contributed by atoms with E-state index in [-0.39, 0.29) is 24.0 Å². The summed E-state index contributed by atoms with van der Waals surface area (Å²) in [6.45, 7) is 2.50. The van der Waals surface area contributed by atoms with Crippen molar-refractivity contribution >= 4 is 46.5 Å². The first-order chi connectivity index (χ1) is 15.2. The zero-order chi connectivity index (χ0) is 21.6. The monoisotopic (exact) mass is 547 g/mol. The van der Waals surface area contributed by atoms with Crippen LogP contribution in [-0.4, -0.2) is 51.3 Å². The molecule has 1 unspecified atom stereocenters. The molecular weight excluding hydrogens is 517 g/mol. The molecule has 2 N–H and O–H groups in total. The Morgan fingerprint density at radius 2 is 1.88 bits per heavy atom. The number of halogens is 1. The lowest BCUT2D eigenvalue weighted by Gasteiger charge is -2.21. The first-order valence-corrected chi connectivity index (χ1v) is 10.5. The van der Waals surface area contributed by atoms with E-state index in [1.807, 2.05) is 30.5 Å². The number of ether oxygens (including phenoxy) is 2. The summed E-state index contributed by atoms with van der Waals surface area (Å²) in [7, 11) is 5.15. The van der Waals surface area contributed by atoms with Gasteiger partial charge in [0.1, 0.15) is 11.5 Å². The second kappa shape index (κ2) is 11.2. The number of hydrogen-bond acceptors (Lipinski definition) is 5. The number of rotatable bonds is 6. The van der Waals surface area contributed by atoms with E-state index >= 15 is 0 Å². The molecule has 0 spiro atoms. The van der Waals surface area contributed by atoms with E-state index in [1.165, 1.54) is 0 Å². The predicted octanol–water partition coefficient (Wildman–Crippen LogP) is 3.81. The van der Waals surface area contributed by atoms with Gasteiger partial charge in [0.25, 0.3) is 0 Å². The van der Waals surface area contributed by atoms with Crippen LogP contribution in [0.15, 0.2) is 59.7 Å². The van der Waals surface area contributed by atoms with Crippen LogP contribution >= 0.6 is 24.0 Å². The number of nitrogens with one attached hydrogen (secondary N) is 2. The van der Waals surface area contributed by atoms with E-state index in [1.54, 1.807) is 21.3 Å². The molecule has 32 heavy (non-hydrogen) atoms. The fraction of sp³-hybridized carbons (Fsp3) is 0.333. The summed E-state index contributed by atoms with van der Waals surface area (Å²) in [6.07, 6.45) is 2.86. The number of aromatic nitrogens is 1. The van der Waals surface area contributed by atoms with Crippen molar-refractivity contribution in [2.45, 2.75) is 19.0 Å². The van der Waals surface area contributed by atoms with Gasteiger partial charge in [0.05, 0.1) is 19.7 Å². The molecule has 170 valence electrons. The number of aliphatic imine (C=N–C) groups is 1. The van der Waals surface area contributed by atoms with Crippen molar-refractivity contribution in [2.24, 2.45) is 4.99 Å². The van der Waals surface area contributed by atoms with Gasteiger partial charge >= 0.3 is 0 Å². The van der Waals surface area contributed by atoms with Crippen molar-refractivity contribution in [1.82, 2.24) is 15.6 Å². The van der Waals surface area contributed by atoms with Gasteiger partial charge in [-0.1, -0.05) is 24.3 Å². The van der Waals surface area contributed by atoms with Crippen molar-refractivity contribution in [3.8, 4) is 11.5 Å². The molecule has 1 saturated heterocycles. The average Bonchev–Trinajstić information content (AvgIpc) is 3.30. The number of pyridine rings is 1. The molecule has 0 amide bonds. The van der Waals surface area contributed by atoms with Gasteiger partial charge in [-0.15, -0.1) is 24.0 Å². The summed E-state index contributed by atoms with van der Waals surface area (Å²) >= 11 is 0. The predicted molar refractivity (Wildman–Crippen MR) is 141 cm³/mol. The van der Waals surface area contributed by atoms with Crippen molar-refractivity contribution < 1.29 is 9.47 Å². The minimum atomic E-state index is 0. The Hall–Kier alpha value is -2.75. The molecule has 0 bridgehead atoms. The highest BCUT2D eigenvalue weighted by molar-refractivity contribution is 14.0. The molecule has 1 fully saturated rings. The van der Waals surface area contributed by atoms with Crippen LogP contribution in [0.4, 0.5) is 5.69 Å². The second-order valence-corrected chi connectivity index (χ2v) is 7.56. The summed E-state index contributed by atoms with van der Waals surface area (Å²) in [4.78, 5) is 11.3. The molecule has 0 aliphatic carbocycles. The van der Waals surface area contributed by atoms with E-state index in [2.05, 4.69) is 49.8 Å². The highest BCUT2D eigenvalue weighted by Gasteiger charge is 2.24. The van der Waals surface area contributed by atoms with E-state index in [9.17, 15) is 0 Å². The molecule has 1 aliphatic heterocycles. The van der Waals surface area contributed by atoms with Crippen LogP contribution in [0.5, 0.6) is 11.5 Å². The van der Waals surface area contributed by atoms with E-state index in [0.29, 0.717) is 12.6 Å². The number of anilines is 1. The number of para-hydroxylation sites is 1. The number of hydrogen-bond donors (Lipinski definition) is 2. The lowest BCUT2D eigenvalue weighted by Crippen LogP contribution is -2.44. The summed E-state index contributed by atoms with van der Waals surface area (Å²) < 4.78 is 10.8. The SMILES string of the molecule is CN=C(NCc1cccc2cccnc12)NC1CCN(c2cc(OC)cc(OC)c2)C1.I. The molecule has 0 radical (unpaired) electrons. The molecule has 2 heterocycles. The van der Waals surface area contributed by atoms with Gasteiger partial charge in [0.2, 0.25) is 0 Å². The molecule has 8 heteroatoms. The van der Waals surface area contributed by atoms with Crippen LogP contribution in [0, 0.1) is 0 Å².